The molecule has 1 aromatic carbocycles. The van der Waals surface area contributed by atoms with Crippen LogP contribution in [-0.2, 0) is 6.42 Å². The highest BCUT2D eigenvalue weighted by Gasteiger charge is 2.23. The molecule has 0 bridgehead atoms. The van der Waals surface area contributed by atoms with Crippen LogP contribution in [0.4, 0.5) is 11.5 Å². The van der Waals surface area contributed by atoms with Gasteiger partial charge in [0.1, 0.15) is 24.5 Å². The van der Waals surface area contributed by atoms with Gasteiger partial charge in [-0.25, -0.2) is 9.97 Å². The van der Waals surface area contributed by atoms with Crippen molar-refractivity contribution in [2.75, 3.05) is 62.2 Å². The Morgan fingerprint density at radius 3 is 2.50 bits per heavy atom. The molecule has 0 aliphatic carbocycles. The minimum absolute atomic E-state index is 0.656. The van der Waals surface area contributed by atoms with Crippen LogP contribution in [0.1, 0.15) is 26.5 Å². The highest BCUT2D eigenvalue weighted by atomic mass is 35.5. The monoisotopic (exact) mass is 457 g/mol. The van der Waals surface area contributed by atoms with Crippen molar-refractivity contribution in [2.45, 2.75) is 27.2 Å². The third-order valence-corrected chi connectivity index (χ3v) is 6.35. The lowest BCUT2D eigenvalue weighted by molar-refractivity contribution is 0.223. The van der Waals surface area contributed by atoms with E-state index in [0.717, 1.165) is 86.2 Å². The number of hydrogen-bond donors (Lipinski definition) is 1. The van der Waals surface area contributed by atoms with E-state index in [9.17, 15) is 0 Å². The molecule has 8 nitrogen and oxygen atoms in total. The summed E-state index contributed by atoms with van der Waals surface area (Å²) >= 11 is 6.42. The molecule has 4 rings (SSSR count). The van der Waals surface area contributed by atoms with Crippen LogP contribution in [0, 0.1) is 0 Å². The number of piperazine rings is 1. The fraction of sp³-hybridized carbons (Fsp3) is 0.522. The molecule has 1 N–H and O–H groups in total. The van der Waals surface area contributed by atoms with Crippen molar-refractivity contribution in [2.24, 2.45) is 0 Å². The lowest BCUT2D eigenvalue weighted by Crippen LogP contribution is -2.47. The minimum atomic E-state index is 0.656. The van der Waals surface area contributed by atoms with Gasteiger partial charge in [0, 0.05) is 55.2 Å². The molecule has 172 valence electrons. The van der Waals surface area contributed by atoms with Crippen molar-refractivity contribution >= 4 is 34.1 Å². The van der Waals surface area contributed by atoms with Gasteiger partial charge in [-0.15, -0.1) is 0 Å². The van der Waals surface area contributed by atoms with Gasteiger partial charge in [0.25, 0.3) is 0 Å². The third kappa shape index (κ3) is 4.91. The number of fused-ring (bicyclic) bond motifs is 1. The van der Waals surface area contributed by atoms with Crippen LogP contribution in [0.15, 0.2) is 24.5 Å². The number of aromatic nitrogens is 4. The highest BCUT2D eigenvalue weighted by molar-refractivity contribution is 6.31. The van der Waals surface area contributed by atoms with Gasteiger partial charge in [-0.1, -0.05) is 32.4 Å². The first-order valence-corrected chi connectivity index (χ1v) is 11.8. The molecule has 32 heavy (non-hydrogen) atoms. The molecule has 0 spiro atoms. The number of benzene rings is 1. The van der Waals surface area contributed by atoms with Crippen LogP contribution in [-0.4, -0.2) is 77.5 Å². The quantitative estimate of drug-likeness (QED) is 0.526. The second-order valence-electron chi connectivity index (χ2n) is 7.95. The fourth-order valence-electron chi connectivity index (χ4n) is 4.22. The second kappa shape index (κ2) is 10.4. The zero-order valence-electron chi connectivity index (χ0n) is 19.1. The molecule has 0 amide bonds. The first-order chi connectivity index (χ1) is 15.6. The summed E-state index contributed by atoms with van der Waals surface area (Å²) in [5, 5.41) is 9.17. The smallest absolute Gasteiger partial charge is 0.186 e. The zero-order valence-corrected chi connectivity index (χ0v) is 19.9. The van der Waals surface area contributed by atoms with E-state index >= 15 is 0 Å². The molecule has 0 radical (unpaired) electrons. The first kappa shape index (κ1) is 22.6. The predicted octanol–water partition coefficient (Wildman–Crippen LogP) is 3.62. The van der Waals surface area contributed by atoms with Gasteiger partial charge < -0.3 is 19.4 Å². The SMILES string of the molecule is CCc1[nH]nc2ncnc(N3CCN(c4cc(Cl)cc(OCCN(CC)CC)c4)CC3)c12. The molecule has 0 saturated carbocycles. The average Bonchev–Trinajstić information content (AvgIpc) is 3.25. The van der Waals surface area contributed by atoms with Gasteiger partial charge in [-0.3, -0.25) is 5.10 Å². The summed E-state index contributed by atoms with van der Waals surface area (Å²) in [7, 11) is 0. The van der Waals surface area contributed by atoms with E-state index in [1.807, 2.05) is 12.1 Å². The molecule has 0 atom stereocenters. The Bertz CT molecular complexity index is 1030. The minimum Gasteiger partial charge on any atom is -0.492 e. The topological polar surface area (TPSA) is 73.4 Å². The standard InChI is InChI=1S/C23H32ClN7O/c1-4-20-21-22(28-27-20)25-16-26-23(21)31-9-7-30(8-10-31)18-13-17(24)14-19(15-18)32-12-11-29(5-2)6-3/h13-16H,4-12H2,1-3H3,(H,25,26,27,28). The van der Waals surface area contributed by atoms with E-state index in [2.05, 4.69) is 61.7 Å². The molecule has 3 heterocycles. The molecular formula is C23H32ClN7O. The van der Waals surface area contributed by atoms with E-state index < -0.39 is 0 Å². The maximum atomic E-state index is 6.42. The van der Waals surface area contributed by atoms with Gasteiger partial charge >= 0.3 is 0 Å². The number of H-pyrrole nitrogens is 1. The third-order valence-electron chi connectivity index (χ3n) is 6.13. The highest BCUT2D eigenvalue weighted by Crippen LogP contribution is 2.30. The van der Waals surface area contributed by atoms with Crippen LogP contribution in [0.25, 0.3) is 11.0 Å². The lowest BCUT2D eigenvalue weighted by Gasteiger charge is -2.37. The summed E-state index contributed by atoms with van der Waals surface area (Å²) in [6, 6.07) is 6.01. The maximum Gasteiger partial charge on any atom is 0.186 e. The Kier molecular flexibility index (Phi) is 7.32. The van der Waals surface area contributed by atoms with Crippen LogP contribution < -0.4 is 14.5 Å². The molecule has 9 heteroatoms. The van der Waals surface area contributed by atoms with E-state index in [1.54, 1.807) is 6.33 Å². The number of anilines is 2. The van der Waals surface area contributed by atoms with Crippen LogP contribution >= 0.6 is 11.6 Å². The summed E-state index contributed by atoms with van der Waals surface area (Å²) in [5.74, 6) is 1.79. The van der Waals surface area contributed by atoms with Crippen molar-refractivity contribution < 1.29 is 4.74 Å². The summed E-state index contributed by atoms with van der Waals surface area (Å²) < 4.78 is 6.02. The molecule has 2 aromatic heterocycles. The summed E-state index contributed by atoms with van der Waals surface area (Å²) in [5.41, 5.74) is 2.91. The Morgan fingerprint density at radius 1 is 1.03 bits per heavy atom. The molecule has 1 fully saturated rings. The van der Waals surface area contributed by atoms with E-state index in [1.165, 1.54) is 0 Å². The Hall–Kier alpha value is -2.58. The molecule has 1 aliphatic rings. The van der Waals surface area contributed by atoms with Gasteiger partial charge in [-0.2, -0.15) is 5.10 Å². The number of nitrogens with one attached hydrogen (secondary N) is 1. The number of likely N-dealkylation sites (N-methyl/N-ethyl adjacent to an activating group) is 1. The van der Waals surface area contributed by atoms with Gasteiger partial charge in [0.05, 0.1) is 5.39 Å². The van der Waals surface area contributed by atoms with Crippen LogP contribution in [0.2, 0.25) is 5.02 Å². The fourth-order valence-corrected chi connectivity index (χ4v) is 4.44. The number of hydrogen-bond acceptors (Lipinski definition) is 7. The normalized spacial score (nSPS) is 14.5. The Morgan fingerprint density at radius 2 is 1.78 bits per heavy atom. The summed E-state index contributed by atoms with van der Waals surface area (Å²) in [6.45, 7) is 13.6. The molecule has 0 unspecified atom stereocenters. The van der Waals surface area contributed by atoms with Crippen molar-refractivity contribution in [3.05, 3.63) is 35.2 Å². The predicted molar refractivity (Wildman–Crippen MR) is 130 cm³/mol. The number of nitrogens with zero attached hydrogens (tertiary/aromatic N) is 6. The Labute approximate surface area is 194 Å². The lowest BCUT2D eigenvalue weighted by atomic mass is 10.2. The molecule has 3 aromatic rings. The van der Waals surface area contributed by atoms with Gasteiger partial charge in [-0.05, 0) is 31.6 Å². The van der Waals surface area contributed by atoms with Gasteiger partial charge in [0.15, 0.2) is 5.65 Å². The summed E-state index contributed by atoms with van der Waals surface area (Å²) in [4.78, 5) is 15.9. The van der Waals surface area contributed by atoms with Crippen LogP contribution in [0.5, 0.6) is 5.75 Å². The number of halogens is 1. The van der Waals surface area contributed by atoms with Crippen molar-refractivity contribution in [1.82, 2.24) is 25.1 Å². The number of aromatic amines is 1. The Balaban J connectivity index is 1.42. The second-order valence-corrected chi connectivity index (χ2v) is 8.38. The van der Waals surface area contributed by atoms with Gasteiger partial charge in [0.2, 0.25) is 0 Å². The molecular weight excluding hydrogens is 426 g/mol. The summed E-state index contributed by atoms with van der Waals surface area (Å²) in [6.07, 6.45) is 2.47. The van der Waals surface area contributed by atoms with Crippen LogP contribution in [0.3, 0.4) is 0 Å². The van der Waals surface area contributed by atoms with Crippen molar-refractivity contribution in [3.8, 4) is 5.75 Å². The maximum absolute atomic E-state index is 6.42. The average molecular weight is 458 g/mol. The zero-order chi connectivity index (χ0) is 22.5. The largest absolute Gasteiger partial charge is 0.492 e. The van der Waals surface area contributed by atoms with Crippen molar-refractivity contribution in [3.63, 3.8) is 0 Å². The number of aryl methyl sites for hydroxylation is 1. The van der Waals surface area contributed by atoms with E-state index in [-0.39, 0.29) is 0 Å². The van der Waals surface area contributed by atoms with E-state index in [4.69, 9.17) is 16.3 Å². The van der Waals surface area contributed by atoms with E-state index in [0.29, 0.717) is 11.6 Å². The molecule has 1 aliphatic heterocycles. The number of rotatable bonds is 9. The van der Waals surface area contributed by atoms with Crippen molar-refractivity contribution in [1.29, 1.82) is 0 Å². The first-order valence-electron chi connectivity index (χ1n) is 11.5. The molecule has 1 saturated heterocycles. The number of ether oxygens (including phenoxy) is 1.